The number of ether oxygens (including phenoxy) is 3. The molecule has 0 amide bonds. The zero-order valence-electron chi connectivity index (χ0n) is 39.1. The number of aliphatic hydroxyl groups is 4. The number of nitrogens with two attached hydrogens (primary N) is 1. The van der Waals surface area contributed by atoms with Crippen LogP contribution in [0.15, 0.2) is 65.7 Å². The van der Waals surface area contributed by atoms with Crippen LogP contribution in [0.5, 0.6) is 0 Å². The third kappa shape index (κ3) is 27.4. The maximum atomic E-state index is 12.8. The Kier molecular flexibility index (Phi) is 29.6. The number of phosphoric ester groups is 2. The van der Waals surface area contributed by atoms with Crippen LogP contribution in [0.2, 0.25) is 0 Å². The SMILES string of the molecule is CCCCC[C@@H](O)/C=C/C=C\C/C=C\C=C\[C@@H](O)CCCC(=O)O[C@H](COC(=O)CCCCCCCCCC(C)C)COP(=O)(O)OP(=O)(O)OC[C@H]1O[C@@H](n2ccc(N)nc2=O)[C@H](O)[C@@H]1O. The van der Waals surface area contributed by atoms with E-state index in [0.717, 1.165) is 68.6 Å². The second-order valence-corrected chi connectivity index (χ2v) is 19.8. The minimum Gasteiger partial charge on any atom is -0.462 e. The fraction of sp³-hybridized carbons (Fsp3) is 0.689. The molecule has 0 radical (unpaired) electrons. The molecule has 1 saturated heterocycles. The number of allylic oxidation sites excluding steroid dienone is 6. The molecule has 67 heavy (non-hydrogen) atoms. The Labute approximate surface area is 394 Å². The molecule has 1 aliphatic rings. The van der Waals surface area contributed by atoms with E-state index >= 15 is 0 Å². The maximum Gasteiger partial charge on any atom is 0.481 e. The van der Waals surface area contributed by atoms with Crippen molar-refractivity contribution >= 4 is 33.4 Å². The van der Waals surface area contributed by atoms with Crippen molar-refractivity contribution in [2.75, 3.05) is 25.6 Å². The minimum absolute atomic E-state index is 0.0746. The Hall–Kier alpha value is -3.36. The van der Waals surface area contributed by atoms with Crippen LogP contribution in [0.3, 0.4) is 0 Å². The van der Waals surface area contributed by atoms with Gasteiger partial charge >= 0.3 is 33.3 Å². The maximum absolute atomic E-state index is 12.8. The van der Waals surface area contributed by atoms with Gasteiger partial charge in [0.15, 0.2) is 12.3 Å². The average Bonchev–Trinajstić information content (AvgIpc) is 3.53. The highest BCUT2D eigenvalue weighted by Gasteiger charge is 2.46. The molecule has 382 valence electrons. The van der Waals surface area contributed by atoms with E-state index in [9.17, 15) is 53.7 Å². The molecule has 1 aromatic rings. The number of nitrogens with zero attached hydrogens (tertiary/aromatic N) is 2. The van der Waals surface area contributed by atoms with Gasteiger partial charge in [-0.3, -0.25) is 23.2 Å². The Morgan fingerprint density at radius 1 is 0.806 bits per heavy atom. The molecule has 0 aliphatic carbocycles. The summed E-state index contributed by atoms with van der Waals surface area (Å²) in [5.74, 6) is -0.867. The predicted molar refractivity (Wildman–Crippen MR) is 250 cm³/mol. The van der Waals surface area contributed by atoms with Crippen molar-refractivity contribution < 1.29 is 76.5 Å². The number of unbranched alkanes of at least 4 members (excludes halogenated alkanes) is 8. The Balaban J connectivity index is 1.90. The lowest BCUT2D eigenvalue weighted by atomic mass is 10.0. The van der Waals surface area contributed by atoms with Crippen molar-refractivity contribution in [1.29, 1.82) is 0 Å². The van der Waals surface area contributed by atoms with Gasteiger partial charge in [0.2, 0.25) is 0 Å². The molecule has 20 nitrogen and oxygen atoms in total. The number of aromatic nitrogens is 2. The topological polar surface area (TPSA) is 306 Å². The minimum atomic E-state index is -5.48. The molecule has 22 heteroatoms. The Morgan fingerprint density at radius 3 is 2.01 bits per heavy atom. The molecule has 1 aliphatic heterocycles. The molecule has 9 atom stereocenters. The largest absolute Gasteiger partial charge is 0.481 e. The summed E-state index contributed by atoms with van der Waals surface area (Å²) in [6, 6.07) is 1.23. The van der Waals surface area contributed by atoms with Crippen LogP contribution in [-0.4, -0.2) is 108 Å². The van der Waals surface area contributed by atoms with Gasteiger partial charge in [-0.25, -0.2) is 13.9 Å². The van der Waals surface area contributed by atoms with Crippen molar-refractivity contribution in [3.63, 3.8) is 0 Å². The van der Waals surface area contributed by atoms with Gasteiger partial charge in [0.1, 0.15) is 30.7 Å². The summed E-state index contributed by atoms with van der Waals surface area (Å²) in [6.45, 7) is 4.01. The predicted octanol–water partition coefficient (Wildman–Crippen LogP) is 6.40. The zero-order chi connectivity index (χ0) is 49.7. The second kappa shape index (κ2) is 33.2. The zero-order valence-corrected chi connectivity index (χ0v) is 40.9. The van der Waals surface area contributed by atoms with Gasteiger partial charge in [0.05, 0.1) is 25.4 Å². The number of carbonyl (C=O) groups is 2. The number of rotatable bonds is 36. The smallest absolute Gasteiger partial charge is 0.462 e. The van der Waals surface area contributed by atoms with Crippen molar-refractivity contribution in [2.24, 2.45) is 5.92 Å². The molecular formula is C45H75N3O17P2. The highest BCUT2D eigenvalue weighted by molar-refractivity contribution is 7.61. The highest BCUT2D eigenvalue weighted by Crippen LogP contribution is 2.60. The van der Waals surface area contributed by atoms with Crippen LogP contribution in [0.1, 0.15) is 136 Å². The molecule has 1 fully saturated rings. The number of esters is 2. The van der Waals surface area contributed by atoms with Crippen molar-refractivity contribution in [2.45, 2.75) is 173 Å². The van der Waals surface area contributed by atoms with Crippen LogP contribution >= 0.6 is 15.6 Å². The second-order valence-electron chi connectivity index (χ2n) is 16.8. The van der Waals surface area contributed by atoms with E-state index in [1.807, 2.05) is 24.3 Å². The van der Waals surface area contributed by atoms with Crippen LogP contribution in [-0.2, 0) is 46.3 Å². The average molecular weight is 992 g/mol. The standard InChI is InChI=1S/C45H75N3O17P2/c1-4-5-16-23-35(49)24-18-13-9-7-10-14-19-25-36(50)26-21-28-41(52)63-37(31-60-40(51)27-20-15-11-6-8-12-17-22-34(2)3)32-61-66(56,57)65-67(58,59)62-33-38-42(53)43(54)44(64-38)48-30-29-39(46)47-45(48)55/h9-10,13-14,18-19,24-25,29-30,34-38,42-44,49-50,53-54H,4-8,11-12,15-17,20-23,26-28,31-33H2,1-3H3,(H,56,57)(H,58,59)(H2,46,47,55)/b13-9-,14-10-,24-18+,25-19+/t35-,36-,37-,38-,42-,43-,44-/m1/s1. The number of hydrogen-bond donors (Lipinski definition) is 7. The molecule has 0 aromatic carbocycles. The van der Waals surface area contributed by atoms with Crippen LogP contribution in [0.4, 0.5) is 5.82 Å². The first-order valence-corrected chi connectivity index (χ1v) is 26.2. The lowest BCUT2D eigenvalue weighted by Gasteiger charge is -2.21. The fourth-order valence-corrected chi connectivity index (χ4v) is 8.70. The molecule has 0 bridgehead atoms. The summed E-state index contributed by atoms with van der Waals surface area (Å²) in [5, 5.41) is 41.1. The first-order valence-electron chi connectivity index (χ1n) is 23.2. The van der Waals surface area contributed by atoms with Gasteiger partial charge in [-0.05, 0) is 44.1 Å². The van der Waals surface area contributed by atoms with E-state index in [1.54, 1.807) is 24.3 Å². The number of phosphoric acid groups is 2. The van der Waals surface area contributed by atoms with Crippen molar-refractivity contribution in [1.82, 2.24) is 9.55 Å². The Bertz CT molecular complexity index is 1860. The molecule has 8 N–H and O–H groups in total. The van der Waals surface area contributed by atoms with Gasteiger partial charge in [0.25, 0.3) is 0 Å². The van der Waals surface area contributed by atoms with Crippen molar-refractivity contribution in [3.8, 4) is 0 Å². The van der Waals surface area contributed by atoms with Gasteiger partial charge in [0, 0.05) is 19.0 Å². The monoisotopic (exact) mass is 991 g/mol. The van der Waals surface area contributed by atoms with Crippen LogP contribution in [0, 0.1) is 5.92 Å². The third-order valence-electron chi connectivity index (χ3n) is 10.3. The van der Waals surface area contributed by atoms with E-state index in [1.165, 1.54) is 18.9 Å². The summed E-state index contributed by atoms with van der Waals surface area (Å²) in [4.78, 5) is 61.7. The lowest BCUT2D eigenvalue weighted by molar-refractivity contribution is -0.161. The van der Waals surface area contributed by atoms with Crippen LogP contribution < -0.4 is 11.4 Å². The lowest BCUT2D eigenvalue weighted by Crippen LogP contribution is -2.36. The molecule has 0 saturated carbocycles. The molecule has 2 unspecified atom stereocenters. The van der Waals surface area contributed by atoms with E-state index in [4.69, 9.17) is 29.0 Å². The summed E-state index contributed by atoms with van der Waals surface area (Å²) in [5.41, 5.74) is 4.55. The molecular weight excluding hydrogens is 916 g/mol. The summed E-state index contributed by atoms with van der Waals surface area (Å²) < 4.78 is 56.3. The normalized spacial score (nSPS) is 21.0. The van der Waals surface area contributed by atoms with E-state index in [-0.39, 0.29) is 31.5 Å². The van der Waals surface area contributed by atoms with E-state index in [0.29, 0.717) is 18.8 Å². The summed E-state index contributed by atoms with van der Waals surface area (Å²) in [6.07, 6.45) is 18.8. The van der Waals surface area contributed by atoms with Gasteiger partial charge in [-0.2, -0.15) is 9.29 Å². The van der Waals surface area contributed by atoms with Crippen LogP contribution in [0.25, 0.3) is 0 Å². The van der Waals surface area contributed by atoms with E-state index < -0.39 is 95.9 Å². The number of nitrogen functional groups attached to an aromatic ring is 1. The Morgan fingerprint density at radius 2 is 1.39 bits per heavy atom. The molecule has 1 aromatic heterocycles. The summed E-state index contributed by atoms with van der Waals surface area (Å²) in [7, 11) is -10.9. The number of anilines is 1. The fourth-order valence-electron chi connectivity index (χ4n) is 6.59. The van der Waals surface area contributed by atoms with Gasteiger partial charge < -0.3 is 50.2 Å². The number of aliphatic hydroxyl groups excluding tert-OH is 4. The first-order chi connectivity index (χ1) is 31.8. The van der Waals surface area contributed by atoms with Gasteiger partial charge in [-0.1, -0.05) is 134 Å². The highest BCUT2D eigenvalue weighted by atomic mass is 31.3. The third-order valence-corrected chi connectivity index (χ3v) is 12.9. The summed E-state index contributed by atoms with van der Waals surface area (Å²) >= 11 is 0. The molecule has 2 heterocycles. The van der Waals surface area contributed by atoms with Crippen molar-refractivity contribution in [3.05, 3.63) is 71.4 Å². The van der Waals surface area contributed by atoms with E-state index in [2.05, 4.69) is 30.1 Å². The van der Waals surface area contributed by atoms with Gasteiger partial charge in [-0.15, -0.1) is 0 Å². The molecule has 0 spiro atoms. The first kappa shape index (κ1) is 59.8. The number of carbonyl (C=O) groups excluding carboxylic acids is 2. The molecule has 2 rings (SSSR count). The quantitative estimate of drug-likeness (QED) is 0.0165. The number of hydrogen-bond acceptors (Lipinski definition) is 17.